The molecule has 2 aromatic heterocycles. The Labute approximate surface area is 170 Å². The van der Waals surface area contributed by atoms with Gasteiger partial charge in [-0.25, -0.2) is 0 Å². The minimum absolute atomic E-state index is 0.0701. The molecule has 2 aromatic carbocycles. The predicted octanol–water partition coefficient (Wildman–Crippen LogP) is 4.75. The van der Waals surface area contributed by atoms with Gasteiger partial charge in [0.1, 0.15) is 0 Å². The number of aromatic nitrogens is 3. The number of alkyl halides is 3. The molecule has 0 unspecified atom stereocenters. The van der Waals surface area contributed by atoms with E-state index in [1.165, 1.54) is 22.2 Å². The van der Waals surface area contributed by atoms with Crippen molar-refractivity contribution in [2.24, 2.45) is 0 Å². The van der Waals surface area contributed by atoms with E-state index < -0.39 is 12.1 Å². The summed E-state index contributed by atoms with van der Waals surface area (Å²) in [6.07, 6.45) is -3.62. The summed E-state index contributed by atoms with van der Waals surface area (Å²) in [7, 11) is 2.12. The van der Waals surface area contributed by atoms with Crippen molar-refractivity contribution in [3.63, 3.8) is 0 Å². The molecular weight excluding hydrogens is 393 g/mol. The summed E-state index contributed by atoms with van der Waals surface area (Å²) in [4.78, 5) is 5.77. The molecule has 0 bridgehead atoms. The van der Waals surface area contributed by atoms with Gasteiger partial charge in [0.15, 0.2) is 0 Å². The molecule has 154 valence electrons. The Morgan fingerprint density at radius 1 is 1.07 bits per heavy atom. The van der Waals surface area contributed by atoms with Crippen molar-refractivity contribution in [3.8, 4) is 11.4 Å². The van der Waals surface area contributed by atoms with E-state index in [2.05, 4.69) is 49.4 Å². The van der Waals surface area contributed by atoms with Gasteiger partial charge in [0.05, 0.1) is 0 Å². The fourth-order valence-corrected chi connectivity index (χ4v) is 4.10. The first kappa shape index (κ1) is 18.9. The maximum Gasteiger partial charge on any atom is 0.471 e. The Kier molecular flexibility index (Phi) is 4.39. The van der Waals surface area contributed by atoms with Crippen LogP contribution in [0.25, 0.3) is 22.3 Å². The highest BCUT2D eigenvalue weighted by molar-refractivity contribution is 5.86. The van der Waals surface area contributed by atoms with E-state index >= 15 is 0 Å². The highest BCUT2D eigenvalue weighted by Gasteiger charge is 2.38. The Hall–Kier alpha value is -3.13. The highest BCUT2D eigenvalue weighted by Crippen LogP contribution is 2.32. The van der Waals surface area contributed by atoms with E-state index in [0.717, 1.165) is 25.1 Å². The molecule has 8 heteroatoms. The van der Waals surface area contributed by atoms with Crippen LogP contribution in [0, 0.1) is 0 Å². The smallest absolute Gasteiger partial charge is 0.339 e. The van der Waals surface area contributed by atoms with Crippen molar-refractivity contribution in [3.05, 3.63) is 71.2 Å². The first-order valence-electron chi connectivity index (χ1n) is 9.68. The summed E-state index contributed by atoms with van der Waals surface area (Å²) >= 11 is 0. The third-order valence-electron chi connectivity index (χ3n) is 5.58. The normalized spacial score (nSPS) is 14.9. The maximum atomic E-state index is 12.7. The molecule has 0 aliphatic carbocycles. The average Bonchev–Trinajstić information content (AvgIpc) is 3.33. The zero-order chi connectivity index (χ0) is 20.9. The molecule has 0 saturated carbocycles. The zero-order valence-corrected chi connectivity index (χ0v) is 16.3. The number of fused-ring (bicyclic) bond motifs is 3. The molecule has 1 aliphatic rings. The van der Waals surface area contributed by atoms with E-state index in [4.69, 9.17) is 0 Å². The van der Waals surface area contributed by atoms with Crippen LogP contribution in [0.4, 0.5) is 13.2 Å². The van der Waals surface area contributed by atoms with E-state index in [1.807, 2.05) is 18.2 Å². The molecule has 5 nitrogen and oxygen atoms in total. The second-order valence-corrected chi connectivity index (χ2v) is 7.63. The predicted molar refractivity (Wildman–Crippen MR) is 106 cm³/mol. The molecule has 4 aromatic rings. The first-order valence-corrected chi connectivity index (χ1v) is 9.68. The minimum Gasteiger partial charge on any atom is -0.339 e. The number of para-hydroxylation sites is 1. The lowest BCUT2D eigenvalue weighted by Crippen LogP contribution is -2.27. The number of likely N-dealkylation sites (N-methyl/N-ethyl adjacent to an activating group) is 1. The Morgan fingerprint density at radius 3 is 2.57 bits per heavy atom. The standard InChI is InChI=1S/C22H19F3N4O/c1-28-11-10-17-16-4-2-3-5-18(16)29(19(17)13-28)12-14-6-8-15(9-7-14)20-26-21(30-27-20)22(23,24)25/h2-9H,10-13H2,1H3. The van der Waals surface area contributed by atoms with Crippen molar-refractivity contribution in [2.75, 3.05) is 13.6 Å². The van der Waals surface area contributed by atoms with E-state index in [0.29, 0.717) is 12.1 Å². The van der Waals surface area contributed by atoms with Crippen LogP contribution in [-0.2, 0) is 25.7 Å². The van der Waals surface area contributed by atoms with Gasteiger partial charge in [-0.2, -0.15) is 18.2 Å². The van der Waals surface area contributed by atoms with Gasteiger partial charge >= 0.3 is 12.1 Å². The summed E-state index contributed by atoms with van der Waals surface area (Å²) in [5, 5.41) is 4.74. The van der Waals surface area contributed by atoms with Gasteiger partial charge < -0.3 is 14.0 Å². The molecule has 0 spiro atoms. The van der Waals surface area contributed by atoms with Gasteiger partial charge in [0.2, 0.25) is 5.82 Å². The van der Waals surface area contributed by atoms with E-state index in [-0.39, 0.29) is 5.82 Å². The minimum atomic E-state index is -4.65. The molecule has 0 atom stereocenters. The van der Waals surface area contributed by atoms with E-state index in [1.54, 1.807) is 12.1 Å². The number of halogens is 3. The molecule has 0 fully saturated rings. The molecule has 0 saturated heterocycles. The van der Waals surface area contributed by atoms with Crippen LogP contribution < -0.4 is 0 Å². The summed E-state index contributed by atoms with van der Waals surface area (Å²) in [5.41, 5.74) is 5.47. The lowest BCUT2D eigenvalue weighted by atomic mass is 10.0. The molecular formula is C22H19F3N4O. The first-order chi connectivity index (χ1) is 14.4. The van der Waals surface area contributed by atoms with Gasteiger partial charge in [0, 0.05) is 41.8 Å². The van der Waals surface area contributed by atoms with Crippen LogP contribution in [-0.4, -0.2) is 33.2 Å². The Morgan fingerprint density at radius 2 is 1.83 bits per heavy atom. The molecule has 0 N–H and O–H groups in total. The molecule has 0 radical (unpaired) electrons. The number of hydrogen-bond donors (Lipinski definition) is 0. The van der Waals surface area contributed by atoms with Crippen LogP contribution in [0.2, 0.25) is 0 Å². The molecule has 30 heavy (non-hydrogen) atoms. The molecule has 1 aliphatic heterocycles. The third kappa shape index (κ3) is 3.27. The van der Waals surface area contributed by atoms with Crippen molar-refractivity contribution in [1.29, 1.82) is 0 Å². The monoisotopic (exact) mass is 412 g/mol. The van der Waals surface area contributed by atoms with Crippen LogP contribution in [0.15, 0.2) is 53.1 Å². The SMILES string of the molecule is CN1CCc2c(n(Cc3ccc(-c4noc(C(F)(F)F)n4)cc3)c3ccccc23)C1. The van der Waals surface area contributed by atoms with Gasteiger partial charge in [-0.3, -0.25) is 0 Å². The van der Waals surface area contributed by atoms with Gasteiger partial charge in [-0.1, -0.05) is 47.6 Å². The fourth-order valence-electron chi connectivity index (χ4n) is 4.10. The zero-order valence-electron chi connectivity index (χ0n) is 16.3. The topological polar surface area (TPSA) is 47.1 Å². The van der Waals surface area contributed by atoms with Gasteiger partial charge in [-0.15, -0.1) is 0 Å². The molecule has 0 amide bonds. The fraction of sp³-hybridized carbons (Fsp3) is 0.273. The number of hydrogen-bond acceptors (Lipinski definition) is 4. The summed E-state index contributed by atoms with van der Waals surface area (Å²) in [6, 6.07) is 15.7. The highest BCUT2D eigenvalue weighted by atomic mass is 19.4. The summed E-state index contributed by atoms with van der Waals surface area (Å²) < 4.78 is 44.7. The van der Waals surface area contributed by atoms with Crippen LogP contribution in [0.3, 0.4) is 0 Å². The second-order valence-electron chi connectivity index (χ2n) is 7.63. The van der Waals surface area contributed by atoms with Crippen molar-refractivity contribution >= 4 is 10.9 Å². The summed E-state index contributed by atoms with van der Waals surface area (Å²) in [5.74, 6) is -1.41. The number of rotatable bonds is 3. The van der Waals surface area contributed by atoms with E-state index in [9.17, 15) is 13.2 Å². The third-order valence-corrected chi connectivity index (χ3v) is 5.58. The van der Waals surface area contributed by atoms with Gasteiger partial charge in [-0.05, 0) is 30.7 Å². The van der Waals surface area contributed by atoms with Gasteiger partial charge in [0.25, 0.3) is 0 Å². The molecule has 5 rings (SSSR count). The van der Waals surface area contributed by atoms with Crippen molar-refractivity contribution in [2.45, 2.75) is 25.7 Å². The maximum absolute atomic E-state index is 12.7. The van der Waals surface area contributed by atoms with Crippen LogP contribution >= 0.6 is 0 Å². The van der Waals surface area contributed by atoms with Crippen molar-refractivity contribution in [1.82, 2.24) is 19.6 Å². The average molecular weight is 412 g/mol. The van der Waals surface area contributed by atoms with Crippen LogP contribution in [0.5, 0.6) is 0 Å². The lowest BCUT2D eigenvalue weighted by molar-refractivity contribution is -0.159. The largest absolute Gasteiger partial charge is 0.471 e. The Balaban J connectivity index is 1.46. The number of nitrogens with zero attached hydrogens (tertiary/aromatic N) is 4. The lowest BCUT2D eigenvalue weighted by Gasteiger charge is -2.24. The number of benzene rings is 2. The van der Waals surface area contributed by atoms with Crippen LogP contribution in [0.1, 0.15) is 22.7 Å². The molecule has 3 heterocycles. The Bertz CT molecular complexity index is 1210. The quantitative estimate of drug-likeness (QED) is 0.487. The van der Waals surface area contributed by atoms with Crippen molar-refractivity contribution < 1.29 is 17.7 Å². The second kappa shape index (κ2) is 6.98. The summed E-state index contributed by atoms with van der Waals surface area (Å²) in [6.45, 7) is 2.62.